The molecule has 0 aliphatic heterocycles. The van der Waals surface area contributed by atoms with Crippen LogP contribution in [0.2, 0.25) is 0 Å². The predicted octanol–water partition coefficient (Wildman–Crippen LogP) is 3.36. The van der Waals surface area contributed by atoms with Crippen LogP contribution in [-0.2, 0) is 16.2 Å². The van der Waals surface area contributed by atoms with E-state index < -0.39 is 11.8 Å². The highest BCUT2D eigenvalue weighted by Gasteiger charge is 2.12. The summed E-state index contributed by atoms with van der Waals surface area (Å²) in [6.07, 6.45) is 1.44. The number of hydrogen-bond donors (Lipinski definition) is 2. The van der Waals surface area contributed by atoms with Gasteiger partial charge >= 0.3 is 11.8 Å². The Morgan fingerprint density at radius 2 is 1.53 bits per heavy atom. The van der Waals surface area contributed by atoms with Crippen LogP contribution in [0.15, 0.2) is 84.0 Å². The smallest absolute Gasteiger partial charge is 0.329 e. The minimum absolute atomic E-state index is 0.478. The van der Waals surface area contributed by atoms with Crippen LogP contribution < -0.4 is 20.2 Å². The second kappa shape index (κ2) is 10.4. The van der Waals surface area contributed by atoms with E-state index in [-0.39, 0.29) is 0 Å². The molecule has 2 amide bonds. The lowest BCUT2D eigenvalue weighted by Gasteiger charge is -2.06. The van der Waals surface area contributed by atoms with E-state index in [1.165, 1.54) is 6.21 Å². The molecule has 0 saturated heterocycles. The topological polar surface area (TPSA) is 89.0 Å². The standard InChI is InChI=1S/C23H21N3O4/c1-29-20-13-9-19(10-14-20)25-22(27)23(28)26-24-15-17-7-11-21(12-8-17)30-16-18-5-3-2-4-6-18/h2-15H,16H2,1H3,(H,25,27)(H,26,28)/b24-15+. The first-order valence-electron chi connectivity index (χ1n) is 9.19. The van der Waals surface area contributed by atoms with Gasteiger partial charge in [-0.25, -0.2) is 5.43 Å². The third-order valence-electron chi connectivity index (χ3n) is 4.06. The number of hydrazone groups is 1. The lowest BCUT2D eigenvalue weighted by atomic mass is 10.2. The largest absolute Gasteiger partial charge is 0.497 e. The van der Waals surface area contributed by atoms with Crippen molar-refractivity contribution in [3.05, 3.63) is 90.0 Å². The van der Waals surface area contributed by atoms with Crippen molar-refractivity contribution in [3.8, 4) is 11.5 Å². The molecule has 0 aliphatic carbocycles. The first-order valence-corrected chi connectivity index (χ1v) is 9.19. The van der Waals surface area contributed by atoms with Gasteiger partial charge in [-0.1, -0.05) is 30.3 Å². The van der Waals surface area contributed by atoms with E-state index in [2.05, 4.69) is 15.8 Å². The number of ether oxygens (including phenoxy) is 2. The van der Waals surface area contributed by atoms with Gasteiger partial charge in [0.15, 0.2) is 0 Å². The highest BCUT2D eigenvalue weighted by atomic mass is 16.5. The average Bonchev–Trinajstić information content (AvgIpc) is 2.79. The summed E-state index contributed by atoms with van der Waals surface area (Å²) in [5.74, 6) is -0.315. The van der Waals surface area contributed by atoms with E-state index >= 15 is 0 Å². The van der Waals surface area contributed by atoms with Gasteiger partial charge in [0, 0.05) is 5.69 Å². The van der Waals surface area contributed by atoms with Gasteiger partial charge in [0.05, 0.1) is 13.3 Å². The quantitative estimate of drug-likeness (QED) is 0.360. The molecule has 7 heteroatoms. The fourth-order valence-electron chi connectivity index (χ4n) is 2.47. The molecule has 3 aromatic rings. The summed E-state index contributed by atoms with van der Waals surface area (Å²) in [5, 5.41) is 6.29. The van der Waals surface area contributed by atoms with Gasteiger partial charge in [-0.05, 0) is 59.7 Å². The number of nitrogens with zero attached hydrogens (tertiary/aromatic N) is 1. The first-order chi connectivity index (χ1) is 14.6. The Morgan fingerprint density at radius 3 is 2.20 bits per heavy atom. The third kappa shape index (κ3) is 6.20. The van der Waals surface area contributed by atoms with Gasteiger partial charge in [0.2, 0.25) is 0 Å². The number of anilines is 1. The second-order valence-electron chi connectivity index (χ2n) is 6.23. The molecule has 152 valence electrons. The van der Waals surface area contributed by atoms with Crippen molar-refractivity contribution in [1.82, 2.24) is 5.43 Å². The molecule has 0 heterocycles. The van der Waals surface area contributed by atoms with E-state index in [4.69, 9.17) is 9.47 Å². The Kier molecular flexibility index (Phi) is 7.16. The van der Waals surface area contributed by atoms with Crippen molar-refractivity contribution in [2.24, 2.45) is 5.10 Å². The molecular weight excluding hydrogens is 382 g/mol. The Bertz CT molecular complexity index is 1000. The zero-order chi connectivity index (χ0) is 21.2. The monoisotopic (exact) mass is 403 g/mol. The van der Waals surface area contributed by atoms with Crippen molar-refractivity contribution < 1.29 is 19.1 Å². The molecule has 3 aromatic carbocycles. The van der Waals surface area contributed by atoms with E-state index in [1.807, 2.05) is 42.5 Å². The van der Waals surface area contributed by atoms with E-state index in [0.717, 1.165) is 16.9 Å². The fourth-order valence-corrected chi connectivity index (χ4v) is 2.47. The molecule has 7 nitrogen and oxygen atoms in total. The summed E-state index contributed by atoms with van der Waals surface area (Å²) >= 11 is 0. The summed E-state index contributed by atoms with van der Waals surface area (Å²) in [6.45, 7) is 0.480. The highest BCUT2D eigenvalue weighted by Crippen LogP contribution is 2.15. The number of nitrogens with one attached hydrogen (secondary N) is 2. The van der Waals surface area contributed by atoms with Crippen LogP contribution in [0.3, 0.4) is 0 Å². The van der Waals surface area contributed by atoms with Crippen LogP contribution in [0.4, 0.5) is 5.69 Å². The zero-order valence-electron chi connectivity index (χ0n) is 16.4. The van der Waals surface area contributed by atoms with Gasteiger partial charge in [0.1, 0.15) is 18.1 Å². The van der Waals surface area contributed by atoms with E-state index in [9.17, 15) is 9.59 Å². The molecule has 0 radical (unpaired) electrons. The molecule has 0 unspecified atom stereocenters. The highest BCUT2D eigenvalue weighted by molar-refractivity contribution is 6.39. The van der Waals surface area contributed by atoms with Crippen LogP contribution in [0, 0.1) is 0 Å². The molecule has 0 aromatic heterocycles. The Labute approximate surface area is 174 Å². The number of rotatable bonds is 7. The molecular formula is C23H21N3O4. The maximum absolute atomic E-state index is 11.9. The number of benzene rings is 3. The van der Waals surface area contributed by atoms with Crippen molar-refractivity contribution >= 4 is 23.7 Å². The van der Waals surface area contributed by atoms with Crippen molar-refractivity contribution in [3.63, 3.8) is 0 Å². The molecule has 0 bridgehead atoms. The van der Waals surface area contributed by atoms with E-state index in [0.29, 0.717) is 18.0 Å². The summed E-state index contributed by atoms with van der Waals surface area (Å²) in [6, 6.07) is 23.7. The molecule has 0 atom stereocenters. The second-order valence-corrected chi connectivity index (χ2v) is 6.23. The lowest BCUT2D eigenvalue weighted by Crippen LogP contribution is -2.32. The van der Waals surface area contributed by atoms with Gasteiger partial charge in [0.25, 0.3) is 0 Å². The Balaban J connectivity index is 1.45. The summed E-state index contributed by atoms with van der Waals surface area (Å²) in [5.41, 5.74) is 4.51. The number of hydrogen-bond acceptors (Lipinski definition) is 5. The Morgan fingerprint density at radius 1 is 0.867 bits per heavy atom. The molecule has 0 aliphatic rings. The molecule has 0 saturated carbocycles. The van der Waals surface area contributed by atoms with Crippen LogP contribution in [0.1, 0.15) is 11.1 Å². The lowest BCUT2D eigenvalue weighted by molar-refractivity contribution is -0.136. The molecule has 30 heavy (non-hydrogen) atoms. The fraction of sp³-hybridized carbons (Fsp3) is 0.0870. The molecule has 0 fully saturated rings. The Hall–Kier alpha value is -4.13. The zero-order valence-corrected chi connectivity index (χ0v) is 16.4. The SMILES string of the molecule is COc1ccc(NC(=O)C(=O)N/N=C/c2ccc(OCc3ccccc3)cc2)cc1. The van der Waals surface area contributed by atoms with Crippen molar-refractivity contribution in [1.29, 1.82) is 0 Å². The minimum Gasteiger partial charge on any atom is -0.497 e. The molecule has 2 N–H and O–H groups in total. The molecule has 3 rings (SSSR count). The maximum Gasteiger partial charge on any atom is 0.329 e. The maximum atomic E-state index is 11.9. The van der Waals surface area contributed by atoms with Crippen LogP contribution in [0.5, 0.6) is 11.5 Å². The van der Waals surface area contributed by atoms with Crippen LogP contribution in [0.25, 0.3) is 0 Å². The number of carbonyl (C=O) groups excluding carboxylic acids is 2. The van der Waals surface area contributed by atoms with Crippen LogP contribution >= 0.6 is 0 Å². The first kappa shape index (κ1) is 20.6. The number of methoxy groups -OCH3 is 1. The van der Waals surface area contributed by atoms with Gasteiger partial charge in [-0.2, -0.15) is 5.10 Å². The number of carbonyl (C=O) groups is 2. The normalized spacial score (nSPS) is 10.4. The summed E-state index contributed by atoms with van der Waals surface area (Å²) in [7, 11) is 1.55. The van der Waals surface area contributed by atoms with Gasteiger partial charge in [-0.15, -0.1) is 0 Å². The van der Waals surface area contributed by atoms with Crippen molar-refractivity contribution in [2.75, 3.05) is 12.4 Å². The van der Waals surface area contributed by atoms with Crippen LogP contribution in [-0.4, -0.2) is 25.1 Å². The average molecular weight is 403 g/mol. The summed E-state index contributed by atoms with van der Waals surface area (Å²) in [4.78, 5) is 23.8. The molecule has 0 spiro atoms. The van der Waals surface area contributed by atoms with Gasteiger partial charge in [-0.3, -0.25) is 9.59 Å². The minimum atomic E-state index is -0.870. The third-order valence-corrected chi connectivity index (χ3v) is 4.06. The van der Waals surface area contributed by atoms with E-state index in [1.54, 1.807) is 43.5 Å². The predicted molar refractivity (Wildman–Crippen MR) is 115 cm³/mol. The number of amides is 2. The van der Waals surface area contributed by atoms with Crippen molar-refractivity contribution in [2.45, 2.75) is 6.61 Å². The van der Waals surface area contributed by atoms with Gasteiger partial charge < -0.3 is 14.8 Å². The summed E-state index contributed by atoms with van der Waals surface area (Å²) < 4.78 is 10.8.